The molecule has 1 amide bonds. The number of anilines is 1. The van der Waals surface area contributed by atoms with Crippen LogP contribution in [0, 0.1) is 25.0 Å². The first-order chi connectivity index (χ1) is 18.2. The van der Waals surface area contributed by atoms with E-state index in [1.54, 1.807) is 43.3 Å². The molecule has 0 saturated heterocycles. The van der Waals surface area contributed by atoms with Gasteiger partial charge in [-0.25, -0.2) is 4.79 Å². The summed E-state index contributed by atoms with van der Waals surface area (Å²) in [4.78, 5) is 35.5. The van der Waals surface area contributed by atoms with Gasteiger partial charge in [-0.1, -0.05) is 0 Å². The summed E-state index contributed by atoms with van der Waals surface area (Å²) in [5, 5.41) is 32.7. The van der Waals surface area contributed by atoms with Crippen LogP contribution in [0.3, 0.4) is 0 Å². The Bertz CT molecular complexity index is 1460. The number of carbonyl (C=O) groups is 2. The zero-order valence-electron chi connectivity index (χ0n) is 20.1. The molecular weight excluding hydrogens is 609 g/mol. The van der Waals surface area contributed by atoms with E-state index in [0.717, 1.165) is 18.2 Å². The summed E-state index contributed by atoms with van der Waals surface area (Å²) in [6, 6.07) is 14.4. The molecule has 0 aromatic heterocycles. The number of nitrogens with zero attached hydrogens (tertiary/aromatic N) is 2. The number of phenolic OH excluding ortho intramolecular Hbond substituents is 1. The fourth-order valence-electron chi connectivity index (χ4n) is 3.16. The second-order valence-corrected chi connectivity index (χ2v) is 8.63. The summed E-state index contributed by atoms with van der Waals surface area (Å²) in [5.41, 5.74) is -0.0777. The molecule has 0 unspecified atom stereocenters. The SMILES string of the molecule is CCOc1cc(/C=C(/C#N)C(=O)Nc2ccc([N+](=O)[O-])cc2O)cc(I)c1OC(=O)c1ccc(OC)cc1. The van der Waals surface area contributed by atoms with E-state index in [1.165, 1.54) is 19.3 Å². The molecule has 0 bridgehead atoms. The highest BCUT2D eigenvalue weighted by atomic mass is 127. The number of nitro benzene ring substituents is 1. The predicted molar refractivity (Wildman–Crippen MR) is 145 cm³/mol. The monoisotopic (exact) mass is 629 g/mol. The van der Waals surface area contributed by atoms with Crippen molar-refractivity contribution in [1.29, 1.82) is 5.26 Å². The summed E-state index contributed by atoms with van der Waals surface area (Å²) in [5.74, 6) is -1.01. The molecule has 0 radical (unpaired) electrons. The van der Waals surface area contributed by atoms with E-state index in [4.69, 9.17) is 14.2 Å². The van der Waals surface area contributed by atoms with Crippen molar-refractivity contribution in [2.75, 3.05) is 19.0 Å². The fraction of sp³-hybridized carbons (Fsp3) is 0.115. The maximum Gasteiger partial charge on any atom is 0.343 e. The van der Waals surface area contributed by atoms with Crippen molar-refractivity contribution < 1.29 is 33.8 Å². The molecule has 3 aromatic carbocycles. The quantitative estimate of drug-likeness (QED) is 0.0481. The maximum atomic E-state index is 12.7. The lowest BCUT2D eigenvalue weighted by Crippen LogP contribution is -2.13. The number of methoxy groups -OCH3 is 1. The van der Waals surface area contributed by atoms with Crippen LogP contribution in [-0.2, 0) is 4.79 Å². The van der Waals surface area contributed by atoms with Crippen molar-refractivity contribution in [3.63, 3.8) is 0 Å². The molecule has 0 aliphatic rings. The summed E-state index contributed by atoms with van der Waals surface area (Å²) in [7, 11) is 1.51. The van der Waals surface area contributed by atoms with Gasteiger partial charge in [0.2, 0.25) is 0 Å². The van der Waals surface area contributed by atoms with E-state index in [9.17, 15) is 30.1 Å². The highest BCUT2D eigenvalue weighted by Crippen LogP contribution is 2.36. The van der Waals surface area contributed by atoms with Crippen molar-refractivity contribution in [3.8, 4) is 29.1 Å². The third kappa shape index (κ3) is 6.77. The lowest BCUT2D eigenvalue weighted by atomic mass is 10.1. The Labute approximate surface area is 230 Å². The van der Waals surface area contributed by atoms with E-state index in [2.05, 4.69) is 5.32 Å². The van der Waals surface area contributed by atoms with Crippen LogP contribution in [0.1, 0.15) is 22.8 Å². The molecule has 38 heavy (non-hydrogen) atoms. The van der Waals surface area contributed by atoms with Crippen molar-refractivity contribution in [1.82, 2.24) is 0 Å². The largest absolute Gasteiger partial charge is 0.506 e. The molecule has 0 saturated carbocycles. The Kier molecular flexibility index (Phi) is 9.23. The third-order valence-electron chi connectivity index (χ3n) is 4.97. The zero-order valence-corrected chi connectivity index (χ0v) is 22.2. The van der Waals surface area contributed by atoms with E-state index < -0.39 is 22.5 Å². The van der Waals surface area contributed by atoms with Gasteiger partial charge >= 0.3 is 5.97 Å². The maximum absolute atomic E-state index is 12.7. The van der Waals surface area contributed by atoms with Gasteiger partial charge in [0, 0.05) is 6.07 Å². The Morgan fingerprint density at radius 1 is 1.18 bits per heavy atom. The number of nitrogens with one attached hydrogen (secondary N) is 1. The highest BCUT2D eigenvalue weighted by molar-refractivity contribution is 14.1. The number of non-ortho nitro benzene ring substituents is 1. The molecule has 0 heterocycles. The van der Waals surface area contributed by atoms with Crippen molar-refractivity contribution in [2.24, 2.45) is 0 Å². The molecule has 3 aromatic rings. The second kappa shape index (κ2) is 12.5. The van der Waals surface area contributed by atoms with Gasteiger partial charge in [0.1, 0.15) is 23.1 Å². The Morgan fingerprint density at radius 2 is 1.89 bits per heavy atom. The first kappa shape index (κ1) is 27.9. The van der Waals surface area contributed by atoms with E-state index in [0.29, 0.717) is 20.4 Å². The number of rotatable bonds is 9. The average Bonchev–Trinajstić information content (AvgIpc) is 2.90. The number of amides is 1. The molecule has 0 aliphatic heterocycles. The zero-order chi connectivity index (χ0) is 27.8. The number of esters is 1. The number of hydrogen-bond acceptors (Lipinski definition) is 9. The van der Waals surface area contributed by atoms with Gasteiger partial charge in [-0.3, -0.25) is 14.9 Å². The minimum absolute atomic E-state index is 0.105. The van der Waals surface area contributed by atoms with Crippen LogP contribution in [0.25, 0.3) is 6.08 Å². The normalized spacial score (nSPS) is 10.7. The number of benzene rings is 3. The van der Waals surface area contributed by atoms with Gasteiger partial charge in [-0.15, -0.1) is 0 Å². The van der Waals surface area contributed by atoms with E-state index in [-0.39, 0.29) is 35.1 Å². The summed E-state index contributed by atoms with van der Waals surface area (Å²) < 4.78 is 16.8. The number of nitriles is 1. The summed E-state index contributed by atoms with van der Waals surface area (Å²) in [6.07, 6.45) is 1.29. The van der Waals surface area contributed by atoms with Crippen molar-refractivity contribution in [3.05, 3.63) is 85.0 Å². The lowest BCUT2D eigenvalue weighted by molar-refractivity contribution is -0.384. The summed E-state index contributed by atoms with van der Waals surface area (Å²) >= 11 is 1.94. The highest BCUT2D eigenvalue weighted by Gasteiger charge is 2.19. The van der Waals surface area contributed by atoms with E-state index >= 15 is 0 Å². The van der Waals surface area contributed by atoms with Crippen LogP contribution in [0.2, 0.25) is 0 Å². The molecule has 0 fully saturated rings. The van der Waals surface area contributed by atoms with Crippen LogP contribution >= 0.6 is 22.6 Å². The van der Waals surface area contributed by atoms with Gasteiger partial charge in [-0.05, 0) is 83.6 Å². The number of carbonyl (C=O) groups excluding carboxylic acids is 2. The molecule has 0 spiro atoms. The first-order valence-electron chi connectivity index (χ1n) is 10.9. The average molecular weight is 629 g/mol. The molecule has 2 N–H and O–H groups in total. The number of halogens is 1. The van der Waals surface area contributed by atoms with Gasteiger partial charge < -0.3 is 24.6 Å². The molecule has 194 valence electrons. The fourth-order valence-corrected chi connectivity index (χ4v) is 3.89. The molecule has 11 nitrogen and oxygen atoms in total. The third-order valence-corrected chi connectivity index (χ3v) is 5.77. The predicted octanol–water partition coefficient (Wildman–Crippen LogP) is 5.08. The number of hydrogen-bond donors (Lipinski definition) is 2. The smallest absolute Gasteiger partial charge is 0.343 e. The number of aromatic hydroxyl groups is 1. The first-order valence-corrected chi connectivity index (χ1v) is 12.0. The lowest BCUT2D eigenvalue weighted by Gasteiger charge is -2.14. The minimum atomic E-state index is -0.848. The van der Waals surface area contributed by atoms with Gasteiger partial charge in [0.05, 0.1) is 39.5 Å². The van der Waals surface area contributed by atoms with Crippen molar-refractivity contribution in [2.45, 2.75) is 6.92 Å². The molecule has 3 rings (SSSR count). The number of phenols is 1. The minimum Gasteiger partial charge on any atom is -0.506 e. The Morgan fingerprint density at radius 3 is 2.47 bits per heavy atom. The number of ether oxygens (including phenoxy) is 3. The Hall–Kier alpha value is -4.64. The van der Waals surface area contributed by atoms with Gasteiger partial charge in [0.25, 0.3) is 11.6 Å². The van der Waals surface area contributed by atoms with Crippen LogP contribution in [-0.4, -0.2) is 35.6 Å². The number of nitro groups is 1. The van der Waals surface area contributed by atoms with E-state index in [1.807, 2.05) is 22.6 Å². The molecule has 0 atom stereocenters. The van der Waals surface area contributed by atoms with Crippen LogP contribution in [0.15, 0.2) is 60.2 Å². The van der Waals surface area contributed by atoms with Crippen LogP contribution in [0.5, 0.6) is 23.0 Å². The van der Waals surface area contributed by atoms with Crippen molar-refractivity contribution >= 4 is 51.9 Å². The molecular formula is C26H20IN3O8. The van der Waals surface area contributed by atoms with Crippen LogP contribution in [0.4, 0.5) is 11.4 Å². The van der Waals surface area contributed by atoms with Gasteiger partial charge in [-0.2, -0.15) is 5.26 Å². The standard InChI is InChI=1S/C26H20IN3O8/c1-3-37-23-12-15(11-20(27)24(23)38-26(33)16-4-7-19(36-2)8-5-16)10-17(14-28)25(32)29-21-9-6-18(30(34)35)13-22(21)31/h4-13,31H,3H2,1-2H3,(H,29,32)/b17-10-. The topological polar surface area (TPSA) is 161 Å². The van der Waals surface area contributed by atoms with Gasteiger partial charge in [0.15, 0.2) is 11.5 Å². The summed E-state index contributed by atoms with van der Waals surface area (Å²) in [6.45, 7) is 2.00. The second-order valence-electron chi connectivity index (χ2n) is 7.46. The van der Waals surface area contributed by atoms with Crippen LogP contribution < -0.4 is 19.5 Å². The molecule has 12 heteroatoms. The molecule has 0 aliphatic carbocycles. The Balaban J connectivity index is 1.87.